The van der Waals surface area contributed by atoms with Gasteiger partial charge in [-0.2, -0.15) is 28.8 Å². The summed E-state index contributed by atoms with van der Waals surface area (Å²) in [5.41, 5.74) is -0.296. The maximum Gasteiger partial charge on any atom is 0.417 e. The number of benzene rings is 1. The second-order valence-electron chi connectivity index (χ2n) is 6.11. The van der Waals surface area contributed by atoms with Crippen molar-refractivity contribution in [3.8, 4) is 0 Å². The summed E-state index contributed by atoms with van der Waals surface area (Å²) < 4.78 is 66.0. The molecular weight excluding hydrogens is 413 g/mol. The Bertz CT molecular complexity index is 962. The number of amides is 1. The monoisotopic (exact) mass is 430 g/mol. The molecule has 28 heavy (non-hydrogen) atoms. The van der Waals surface area contributed by atoms with Crippen molar-refractivity contribution in [2.24, 2.45) is 0 Å². The predicted octanol–water partition coefficient (Wildman–Crippen LogP) is 3.31. The highest BCUT2D eigenvalue weighted by atomic mass is 32.2. The van der Waals surface area contributed by atoms with Crippen LogP contribution in [0.15, 0.2) is 52.1 Å². The van der Waals surface area contributed by atoms with Crippen molar-refractivity contribution in [1.29, 1.82) is 0 Å². The summed E-state index contributed by atoms with van der Waals surface area (Å²) in [6.07, 6.45) is -1.69. The van der Waals surface area contributed by atoms with E-state index in [2.05, 4.69) is 0 Å². The van der Waals surface area contributed by atoms with E-state index in [1.807, 2.05) is 16.8 Å². The van der Waals surface area contributed by atoms with Gasteiger partial charge >= 0.3 is 6.18 Å². The Hall–Kier alpha value is -2.17. The number of hydrogen-bond acceptors (Lipinski definition) is 4. The van der Waals surface area contributed by atoms with E-state index in [1.54, 1.807) is 6.08 Å². The Morgan fingerprint density at radius 3 is 2.36 bits per heavy atom. The van der Waals surface area contributed by atoms with E-state index < -0.39 is 26.7 Å². The molecule has 1 aliphatic heterocycles. The molecule has 1 amide bonds. The van der Waals surface area contributed by atoms with E-state index in [-0.39, 0.29) is 32.1 Å². The van der Waals surface area contributed by atoms with Gasteiger partial charge in [0.25, 0.3) is 0 Å². The van der Waals surface area contributed by atoms with E-state index in [1.165, 1.54) is 28.4 Å². The number of carbonyl (C=O) groups excluding carboxylic acids is 1. The second-order valence-corrected chi connectivity index (χ2v) is 8.80. The number of sulfonamides is 1. The molecule has 0 bridgehead atoms. The number of piperazine rings is 1. The zero-order valence-corrected chi connectivity index (χ0v) is 16.2. The molecule has 2 aromatic rings. The number of carbonyl (C=O) groups is 1. The summed E-state index contributed by atoms with van der Waals surface area (Å²) in [7, 11) is -4.31. The summed E-state index contributed by atoms with van der Waals surface area (Å²) in [5, 5.41) is 3.76. The normalized spacial score (nSPS) is 16.6. The Balaban J connectivity index is 1.70. The minimum Gasteiger partial charge on any atom is -0.337 e. The first-order valence-corrected chi connectivity index (χ1v) is 10.7. The van der Waals surface area contributed by atoms with Crippen molar-refractivity contribution < 1.29 is 26.4 Å². The maximum absolute atomic E-state index is 13.2. The van der Waals surface area contributed by atoms with Crippen LogP contribution in [0.3, 0.4) is 0 Å². The third kappa shape index (κ3) is 4.45. The van der Waals surface area contributed by atoms with Crippen LogP contribution in [0.5, 0.6) is 0 Å². The Labute approximate surface area is 164 Å². The molecule has 0 atom stereocenters. The average molecular weight is 430 g/mol. The first-order valence-electron chi connectivity index (χ1n) is 8.35. The molecule has 2 heterocycles. The molecule has 5 nitrogen and oxygen atoms in total. The van der Waals surface area contributed by atoms with Crippen molar-refractivity contribution in [3.63, 3.8) is 0 Å². The molecule has 150 valence electrons. The fourth-order valence-corrected chi connectivity index (χ4v) is 5.12. The van der Waals surface area contributed by atoms with Gasteiger partial charge in [-0.3, -0.25) is 4.79 Å². The Kier molecular flexibility index (Phi) is 5.92. The van der Waals surface area contributed by atoms with Gasteiger partial charge in [-0.1, -0.05) is 12.1 Å². The molecule has 0 aliphatic carbocycles. The SMILES string of the molecule is O=C(/C=C/c1ccsc1)N1CCN(S(=O)(=O)c2ccccc2C(F)(F)F)CC1. The number of thiophene rings is 1. The molecule has 1 aromatic carbocycles. The molecular formula is C18H17F3N2O3S2. The molecule has 10 heteroatoms. The topological polar surface area (TPSA) is 57.7 Å². The van der Waals surface area contributed by atoms with Crippen LogP contribution in [0.1, 0.15) is 11.1 Å². The maximum atomic E-state index is 13.2. The minimum absolute atomic E-state index is 0.0629. The van der Waals surface area contributed by atoms with Gasteiger partial charge in [0.15, 0.2) is 0 Å². The van der Waals surface area contributed by atoms with Crippen molar-refractivity contribution in [3.05, 3.63) is 58.3 Å². The molecule has 1 aromatic heterocycles. The van der Waals surface area contributed by atoms with Gasteiger partial charge in [-0.15, -0.1) is 0 Å². The number of nitrogens with zero attached hydrogens (tertiary/aromatic N) is 2. The number of halogens is 3. The summed E-state index contributed by atoms with van der Waals surface area (Å²) in [4.78, 5) is 12.9. The minimum atomic E-state index is -4.77. The fraction of sp³-hybridized carbons (Fsp3) is 0.278. The van der Waals surface area contributed by atoms with Crippen LogP contribution < -0.4 is 0 Å². The summed E-state index contributed by atoms with van der Waals surface area (Å²) in [6.45, 7) is 0.0968. The molecule has 0 radical (unpaired) electrons. The largest absolute Gasteiger partial charge is 0.417 e. The lowest BCUT2D eigenvalue weighted by Gasteiger charge is -2.33. The van der Waals surface area contributed by atoms with Gasteiger partial charge < -0.3 is 4.90 Å². The van der Waals surface area contributed by atoms with Crippen molar-refractivity contribution in [2.45, 2.75) is 11.1 Å². The Morgan fingerprint density at radius 1 is 1.07 bits per heavy atom. The van der Waals surface area contributed by atoms with Crippen molar-refractivity contribution >= 4 is 33.3 Å². The summed E-state index contributed by atoms with van der Waals surface area (Å²) in [5.74, 6) is -0.265. The molecule has 1 fully saturated rings. The van der Waals surface area contributed by atoms with Gasteiger partial charge in [0.2, 0.25) is 15.9 Å². The van der Waals surface area contributed by atoms with Crippen LogP contribution in [-0.4, -0.2) is 49.7 Å². The average Bonchev–Trinajstić information content (AvgIpc) is 3.19. The van der Waals surface area contributed by atoms with E-state index in [4.69, 9.17) is 0 Å². The number of hydrogen-bond donors (Lipinski definition) is 0. The summed E-state index contributed by atoms with van der Waals surface area (Å²) in [6, 6.07) is 5.98. The third-order valence-corrected chi connectivity index (χ3v) is 6.98. The molecule has 1 saturated heterocycles. The lowest BCUT2D eigenvalue weighted by molar-refractivity contribution is -0.139. The van der Waals surface area contributed by atoms with Crippen molar-refractivity contribution in [2.75, 3.05) is 26.2 Å². The van der Waals surface area contributed by atoms with Gasteiger partial charge in [-0.25, -0.2) is 8.42 Å². The van der Waals surface area contributed by atoms with E-state index in [0.29, 0.717) is 0 Å². The zero-order chi connectivity index (χ0) is 20.4. The Morgan fingerprint density at radius 2 is 1.75 bits per heavy atom. The van der Waals surface area contributed by atoms with Crippen LogP contribution in [-0.2, 0) is 21.0 Å². The highest BCUT2D eigenvalue weighted by molar-refractivity contribution is 7.89. The molecule has 0 saturated carbocycles. The van der Waals surface area contributed by atoms with Crippen LogP contribution in [0.4, 0.5) is 13.2 Å². The van der Waals surface area contributed by atoms with Gasteiger partial charge in [0.05, 0.1) is 10.5 Å². The van der Waals surface area contributed by atoms with E-state index >= 15 is 0 Å². The van der Waals surface area contributed by atoms with Gasteiger partial charge in [-0.05, 0) is 40.6 Å². The molecule has 0 spiro atoms. The first kappa shape index (κ1) is 20.6. The first-order chi connectivity index (χ1) is 13.2. The van der Waals surface area contributed by atoms with Crippen LogP contribution >= 0.6 is 11.3 Å². The second kappa shape index (κ2) is 8.06. The zero-order valence-electron chi connectivity index (χ0n) is 14.6. The number of rotatable bonds is 4. The highest BCUT2D eigenvalue weighted by Gasteiger charge is 2.39. The lowest BCUT2D eigenvalue weighted by atomic mass is 10.2. The van der Waals surface area contributed by atoms with E-state index in [9.17, 15) is 26.4 Å². The lowest BCUT2D eigenvalue weighted by Crippen LogP contribution is -2.50. The summed E-state index contributed by atoms with van der Waals surface area (Å²) >= 11 is 1.50. The van der Waals surface area contributed by atoms with Crippen LogP contribution in [0.25, 0.3) is 6.08 Å². The third-order valence-electron chi connectivity index (χ3n) is 4.32. The predicted molar refractivity (Wildman–Crippen MR) is 100 cm³/mol. The van der Waals surface area contributed by atoms with Gasteiger partial charge in [0.1, 0.15) is 0 Å². The van der Waals surface area contributed by atoms with Crippen LogP contribution in [0, 0.1) is 0 Å². The smallest absolute Gasteiger partial charge is 0.337 e. The van der Waals surface area contributed by atoms with E-state index in [0.717, 1.165) is 28.1 Å². The standard InChI is InChI=1S/C18H17F3N2O3S2/c19-18(20,21)15-3-1-2-4-16(15)28(25,26)23-10-8-22(9-11-23)17(24)6-5-14-7-12-27-13-14/h1-7,12-13H,8-11H2/b6-5+. The molecule has 0 unspecified atom stereocenters. The quantitative estimate of drug-likeness (QED) is 0.700. The molecule has 0 N–H and O–H groups in total. The molecule has 1 aliphatic rings. The molecule has 3 rings (SSSR count). The van der Waals surface area contributed by atoms with Crippen LogP contribution in [0.2, 0.25) is 0 Å². The fourth-order valence-electron chi connectivity index (χ4n) is 2.86. The van der Waals surface area contributed by atoms with Crippen molar-refractivity contribution in [1.82, 2.24) is 9.21 Å². The number of alkyl halides is 3. The highest BCUT2D eigenvalue weighted by Crippen LogP contribution is 2.35. The van der Waals surface area contributed by atoms with Gasteiger partial charge in [0, 0.05) is 32.3 Å².